The molecule has 0 heteroatoms. The molecule has 0 amide bonds. The van der Waals surface area contributed by atoms with Crippen molar-refractivity contribution in [3.05, 3.63) is 58.7 Å². The van der Waals surface area contributed by atoms with Crippen LogP contribution < -0.4 is 0 Å². The normalized spacial score (nSPS) is 22.9. The highest BCUT2D eigenvalue weighted by molar-refractivity contribution is 5.63. The van der Waals surface area contributed by atoms with Crippen molar-refractivity contribution in [3.8, 4) is 0 Å². The zero-order valence-electron chi connectivity index (χ0n) is 13.2. The summed E-state index contributed by atoms with van der Waals surface area (Å²) in [7, 11) is 0. The lowest BCUT2D eigenvalue weighted by molar-refractivity contribution is 0.922. The molecule has 19 heavy (non-hydrogen) atoms. The Labute approximate surface area is 119 Å². The Hall–Kier alpha value is -1.30. The third kappa shape index (κ3) is 3.59. The van der Waals surface area contributed by atoms with Gasteiger partial charge in [0.25, 0.3) is 0 Å². The average Bonchev–Trinajstić information content (AvgIpc) is 2.71. The molecule has 0 radical (unpaired) electrons. The maximum atomic E-state index is 2.41. The van der Waals surface area contributed by atoms with Crippen LogP contribution in [0.1, 0.15) is 53.9 Å². The van der Waals surface area contributed by atoms with E-state index >= 15 is 0 Å². The highest BCUT2D eigenvalue weighted by atomic mass is 14.3. The number of allylic oxidation sites excluding steroid dienone is 10. The van der Waals surface area contributed by atoms with Gasteiger partial charge >= 0.3 is 0 Å². The maximum Gasteiger partial charge on any atom is -0.00517 e. The molecule has 0 aromatic carbocycles. The molecule has 3 aliphatic carbocycles. The van der Waals surface area contributed by atoms with Gasteiger partial charge in [0.2, 0.25) is 0 Å². The molecule has 0 N–H and O–H groups in total. The molecule has 0 heterocycles. The molecule has 1 unspecified atom stereocenters. The van der Waals surface area contributed by atoms with Crippen LogP contribution in [-0.2, 0) is 0 Å². The van der Waals surface area contributed by atoms with E-state index in [0.29, 0.717) is 5.92 Å². The van der Waals surface area contributed by atoms with Gasteiger partial charge in [0, 0.05) is 0 Å². The van der Waals surface area contributed by atoms with E-state index in [4.69, 9.17) is 0 Å². The van der Waals surface area contributed by atoms with Gasteiger partial charge in [-0.15, -0.1) is 0 Å². The van der Waals surface area contributed by atoms with Crippen molar-refractivity contribution >= 4 is 0 Å². The van der Waals surface area contributed by atoms with E-state index in [-0.39, 0.29) is 0 Å². The summed E-state index contributed by atoms with van der Waals surface area (Å²) in [5.41, 5.74) is 6.19. The summed E-state index contributed by atoms with van der Waals surface area (Å²) in [6.07, 6.45) is 17.5. The van der Waals surface area contributed by atoms with Crippen molar-refractivity contribution in [1.82, 2.24) is 0 Å². The van der Waals surface area contributed by atoms with Gasteiger partial charge in [-0.05, 0) is 41.9 Å². The van der Waals surface area contributed by atoms with Gasteiger partial charge in [-0.1, -0.05) is 76.6 Å². The van der Waals surface area contributed by atoms with Crippen LogP contribution in [-0.4, -0.2) is 0 Å². The molecular weight excluding hydrogens is 228 g/mol. The summed E-state index contributed by atoms with van der Waals surface area (Å²) in [6.45, 7) is 10.3. The van der Waals surface area contributed by atoms with Crippen LogP contribution in [0.2, 0.25) is 0 Å². The fourth-order valence-electron chi connectivity index (χ4n) is 2.68. The van der Waals surface area contributed by atoms with Gasteiger partial charge in [-0.2, -0.15) is 0 Å². The fourth-order valence-corrected chi connectivity index (χ4v) is 2.68. The Morgan fingerprint density at radius 2 is 1.84 bits per heavy atom. The minimum Gasteiger partial charge on any atom is -0.0836 e. The Balaban J connectivity index is 0.000000415. The van der Waals surface area contributed by atoms with E-state index in [1.807, 2.05) is 27.7 Å². The lowest BCUT2D eigenvalue weighted by atomic mass is 9.96. The van der Waals surface area contributed by atoms with Crippen LogP contribution >= 0.6 is 0 Å². The fraction of sp³-hybridized carbons (Fsp3) is 0.474. The zero-order valence-corrected chi connectivity index (χ0v) is 13.2. The van der Waals surface area contributed by atoms with Gasteiger partial charge in [0.1, 0.15) is 0 Å². The maximum absolute atomic E-state index is 2.41. The average molecular weight is 256 g/mol. The van der Waals surface area contributed by atoms with Crippen LogP contribution in [0, 0.1) is 5.92 Å². The number of rotatable bonds is 0. The van der Waals surface area contributed by atoms with Gasteiger partial charge in [-0.25, -0.2) is 0 Å². The number of fused-ring (bicyclic) bond motifs is 2. The summed E-state index contributed by atoms with van der Waals surface area (Å²) in [6, 6.07) is 0. The third-order valence-corrected chi connectivity index (χ3v) is 3.46. The van der Waals surface area contributed by atoms with E-state index in [0.717, 1.165) is 0 Å². The number of hydrogen-bond donors (Lipinski definition) is 0. The molecule has 0 aromatic heterocycles. The van der Waals surface area contributed by atoms with Crippen molar-refractivity contribution in [1.29, 1.82) is 0 Å². The Kier molecular flexibility index (Phi) is 6.62. The quantitative estimate of drug-likeness (QED) is 0.488. The Bertz CT molecular complexity index is 439. The summed E-state index contributed by atoms with van der Waals surface area (Å²) in [4.78, 5) is 0. The van der Waals surface area contributed by atoms with Crippen molar-refractivity contribution < 1.29 is 0 Å². The van der Waals surface area contributed by atoms with E-state index in [2.05, 4.69) is 43.4 Å². The molecule has 0 nitrogen and oxygen atoms in total. The molecule has 3 rings (SSSR count). The van der Waals surface area contributed by atoms with Crippen molar-refractivity contribution in [2.75, 3.05) is 0 Å². The number of hydrogen-bond acceptors (Lipinski definition) is 0. The molecule has 0 saturated heterocycles. The van der Waals surface area contributed by atoms with Crippen LogP contribution in [0.25, 0.3) is 0 Å². The van der Waals surface area contributed by atoms with E-state index in [9.17, 15) is 0 Å². The van der Waals surface area contributed by atoms with Crippen LogP contribution in [0.5, 0.6) is 0 Å². The standard InChI is InChI=1S/C15H16.2C2H6/c1-11-5-4-7-13-10-12-6-2-3-8-14(12)15(13)9-11;2*1-2/h3-5,7-9,11H,2,6,10H2,1H3;2*1-2H3. The largest absolute Gasteiger partial charge is 0.0836 e. The van der Waals surface area contributed by atoms with Gasteiger partial charge in [0.15, 0.2) is 0 Å². The van der Waals surface area contributed by atoms with Crippen LogP contribution in [0.3, 0.4) is 0 Å². The Morgan fingerprint density at radius 1 is 1.11 bits per heavy atom. The van der Waals surface area contributed by atoms with Crippen LogP contribution in [0.15, 0.2) is 58.7 Å². The Morgan fingerprint density at radius 3 is 2.58 bits per heavy atom. The van der Waals surface area contributed by atoms with Crippen LogP contribution in [0.4, 0.5) is 0 Å². The van der Waals surface area contributed by atoms with Gasteiger partial charge < -0.3 is 0 Å². The highest BCUT2D eigenvalue weighted by Gasteiger charge is 2.24. The second-order valence-corrected chi connectivity index (χ2v) is 4.65. The van der Waals surface area contributed by atoms with Crippen molar-refractivity contribution in [2.24, 2.45) is 5.92 Å². The minimum absolute atomic E-state index is 0.566. The molecule has 0 fully saturated rings. The predicted molar refractivity (Wildman–Crippen MR) is 87.2 cm³/mol. The molecule has 3 aliphatic rings. The second-order valence-electron chi connectivity index (χ2n) is 4.65. The topological polar surface area (TPSA) is 0 Å². The van der Waals surface area contributed by atoms with E-state index in [1.165, 1.54) is 36.0 Å². The van der Waals surface area contributed by atoms with E-state index < -0.39 is 0 Å². The smallest absolute Gasteiger partial charge is 0.00517 e. The zero-order chi connectivity index (χ0) is 14.3. The first-order chi connectivity index (χ1) is 9.34. The molecule has 0 bridgehead atoms. The van der Waals surface area contributed by atoms with E-state index in [1.54, 1.807) is 5.57 Å². The summed E-state index contributed by atoms with van der Waals surface area (Å²) in [5, 5.41) is 0. The lowest BCUT2D eigenvalue weighted by Crippen LogP contribution is -1.91. The monoisotopic (exact) mass is 256 g/mol. The van der Waals surface area contributed by atoms with Gasteiger partial charge in [0.05, 0.1) is 0 Å². The lowest BCUT2D eigenvalue weighted by Gasteiger charge is -2.08. The second kappa shape index (κ2) is 7.99. The molecule has 104 valence electrons. The molecule has 1 atom stereocenters. The predicted octanol–water partition coefficient (Wildman–Crippen LogP) is 6.15. The highest BCUT2D eigenvalue weighted by Crippen LogP contribution is 2.42. The third-order valence-electron chi connectivity index (χ3n) is 3.46. The van der Waals surface area contributed by atoms with Crippen molar-refractivity contribution in [2.45, 2.75) is 53.9 Å². The molecule has 0 saturated carbocycles. The van der Waals surface area contributed by atoms with Crippen molar-refractivity contribution in [3.63, 3.8) is 0 Å². The molecular formula is C19H28. The first kappa shape index (κ1) is 15.8. The van der Waals surface area contributed by atoms with Gasteiger partial charge in [-0.3, -0.25) is 0 Å². The molecule has 0 aromatic rings. The summed E-state index contributed by atoms with van der Waals surface area (Å²) >= 11 is 0. The molecule has 0 aliphatic heterocycles. The summed E-state index contributed by atoms with van der Waals surface area (Å²) in [5.74, 6) is 0.566. The molecule has 0 spiro atoms. The first-order valence-corrected chi connectivity index (χ1v) is 7.83. The SMILES string of the molecule is CC.CC.CC1C=CC=C2CC3=C(C=CCC3)C2=C1. The summed E-state index contributed by atoms with van der Waals surface area (Å²) < 4.78 is 0. The first-order valence-electron chi connectivity index (χ1n) is 7.83. The minimum atomic E-state index is 0.566.